The molecule has 1 fully saturated rings. The van der Waals surface area contributed by atoms with Crippen molar-refractivity contribution >= 4 is 5.91 Å². The van der Waals surface area contributed by atoms with Crippen molar-refractivity contribution in [3.05, 3.63) is 71.0 Å². The molecule has 1 amide bonds. The number of benzene rings is 2. The molecule has 6 heteroatoms. The summed E-state index contributed by atoms with van der Waals surface area (Å²) in [5, 5.41) is 0. The number of nitrogens with two attached hydrogens (primary N) is 1. The van der Waals surface area contributed by atoms with Crippen LogP contribution in [0.25, 0.3) is 0 Å². The summed E-state index contributed by atoms with van der Waals surface area (Å²) in [5.41, 5.74) is 9.01. The Morgan fingerprint density at radius 1 is 1.07 bits per heavy atom. The number of halogens is 1. The molecule has 5 nitrogen and oxygen atoms in total. The molecule has 1 saturated heterocycles. The van der Waals surface area contributed by atoms with Gasteiger partial charge in [-0.15, -0.1) is 0 Å². The van der Waals surface area contributed by atoms with Crippen molar-refractivity contribution in [1.82, 2.24) is 4.90 Å². The Bertz CT molecular complexity index is 811. The SMILES string of the molecule is N[C@@H]1COC[C@@H](C(=O)N2CCc3ccccc3[C@@H]2c2ccc(F)cc2)OC1. The summed E-state index contributed by atoms with van der Waals surface area (Å²) >= 11 is 0. The van der Waals surface area contributed by atoms with Crippen LogP contribution in [0.5, 0.6) is 0 Å². The van der Waals surface area contributed by atoms with Crippen LogP contribution in [0.3, 0.4) is 0 Å². The van der Waals surface area contributed by atoms with E-state index in [1.54, 1.807) is 12.1 Å². The molecule has 2 heterocycles. The van der Waals surface area contributed by atoms with Crippen LogP contribution in [0.2, 0.25) is 0 Å². The van der Waals surface area contributed by atoms with Crippen LogP contribution >= 0.6 is 0 Å². The van der Waals surface area contributed by atoms with Crippen molar-refractivity contribution in [2.24, 2.45) is 5.73 Å². The third-order valence-electron chi connectivity index (χ3n) is 5.14. The molecule has 0 bridgehead atoms. The van der Waals surface area contributed by atoms with Gasteiger partial charge in [0.05, 0.1) is 31.9 Å². The Kier molecular flexibility index (Phi) is 5.20. The molecule has 0 radical (unpaired) electrons. The van der Waals surface area contributed by atoms with Crippen LogP contribution < -0.4 is 5.73 Å². The molecule has 2 aliphatic heterocycles. The summed E-state index contributed by atoms with van der Waals surface area (Å²) in [6, 6.07) is 13.9. The molecule has 0 aliphatic carbocycles. The Morgan fingerprint density at radius 2 is 1.85 bits per heavy atom. The summed E-state index contributed by atoms with van der Waals surface area (Å²) in [5.74, 6) is -0.414. The zero-order valence-electron chi connectivity index (χ0n) is 15.0. The molecule has 2 N–H and O–H groups in total. The van der Waals surface area contributed by atoms with E-state index in [1.807, 2.05) is 23.1 Å². The van der Waals surface area contributed by atoms with Gasteiger partial charge in [-0.25, -0.2) is 4.39 Å². The predicted octanol–water partition coefficient (Wildman–Crippen LogP) is 2.04. The molecular formula is C21H23FN2O3. The Labute approximate surface area is 157 Å². The zero-order chi connectivity index (χ0) is 18.8. The van der Waals surface area contributed by atoms with Gasteiger partial charge in [-0.05, 0) is 35.2 Å². The summed E-state index contributed by atoms with van der Waals surface area (Å²) in [7, 11) is 0. The second kappa shape index (κ2) is 7.76. The van der Waals surface area contributed by atoms with Gasteiger partial charge >= 0.3 is 0 Å². The maximum absolute atomic E-state index is 13.4. The van der Waals surface area contributed by atoms with E-state index in [0.717, 1.165) is 17.5 Å². The first-order valence-electron chi connectivity index (χ1n) is 9.22. The van der Waals surface area contributed by atoms with Crippen molar-refractivity contribution < 1.29 is 18.7 Å². The molecule has 0 aromatic heterocycles. The second-order valence-corrected chi connectivity index (χ2v) is 7.05. The molecule has 142 valence electrons. The van der Waals surface area contributed by atoms with E-state index in [1.165, 1.54) is 17.7 Å². The van der Waals surface area contributed by atoms with E-state index < -0.39 is 6.10 Å². The first-order chi connectivity index (χ1) is 13.1. The van der Waals surface area contributed by atoms with Crippen LogP contribution in [0.15, 0.2) is 48.5 Å². The number of carbonyl (C=O) groups excluding carboxylic acids is 1. The second-order valence-electron chi connectivity index (χ2n) is 7.05. The zero-order valence-corrected chi connectivity index (χ0v) is 15.0. The maximum atomic E-state index is 13.4. The molecule has 2 aliphatic rings. The van der Waals surface area contributed by atoms with Crippen LogP contribution in [0.1, 0.15) is 22.7 Å². The summed E-state index contributed by atoms with van der Waals surface area (Å²) < 4.78 is 24.7. The first-order valence-corrected chi connectivity index (χ1v) is 9.22. The van der Waals surface area contributed by atoms with E-state index in [-0.39, 0.29) is 30.4 Å². The molecule has 0 saturated carbocycles. The lowest BCUT2D eigenvalue weighted by Crippen LogP contribution is -2.47. The number of hydrogen-bond donors (Lipinski definition) is 1. The fraction of sp³-hybridized carbons (Fsp3) is 0.381. The van der Waals surface area contributed by atoms with Gasteiger partial charge in [0.2, 0.25) is 0 Å². The molecular weight excluding hydrogens is 347 g/mol. The van der Waals surface area contributed by atoms with Crippen molar-refractivity contribution in [3.8, 4) is 0 Å². The first kappa shape index (κ1) is 18.1. The highest BCUT2D eigenvalue weighted by Gasteiger charge is 2.36. The maximum Gasteiger partial charge on any atom is 0.254 e. The minimum absolute atomic E-state index is 0.118. The monoisotopic (exact) mass is 370 g/mol. The normalized spacial score (nSPS) is 25.6. The average Bonchev–Trinajstić information content (AvgIpc) is 2.92. The third-order valence-corrected chi connectivity index (χ3v) is 5.14. The van der Waals surface area contributed by atoms with Gasteiger partial charge < -0.3 is 20.1 Å². The molecule has 0 spiro atoms. The lowest BCUT2D eigenvalue weighted by atomic mass is 9.88. The van der Waals surface area contributed by atoms with Crippen molar-refractivity contribution in [3.63, 3.8) is 0 Å². The van der Waals surface area contributed by atoms with Crippen molar-refractivity contribution in [2.75, 3.05) is 26.4 Å². The highest BCUT2D eigenvalue weighted by atomic mass is 19.1. The van der Waals surface area contributed by atoms with Crippen molar-refractivity contribution in [1.29, 1.82) is 0 Å². The number of ether oxygens (including phenoxy) is 2. The predicted molar refractivity (Wildman–Crippen MR) is 98.6 cm³/mol. The number of rotatable bonds is 2. The van der Waals surface area contributed by atoms with Gasteiger partial charge in [0, 0.05) is 6.54 Å². The highest BCUT2D eigenvalue weighted by Crippen LogP contribution is 2.35. The van der Waals surface area contributed by atoms with Gasteiger partial charge in [-0.1, -0.05) is 36.4 Å². The largest absolute Gasteiger partial charge is 0.376 e. The third kappa shape index (κ3) is 3.74. The Balaban J connectivity index is 1.68. The lowest BCUT2D eigenvalue weighted by molar-refractivity contribution is -0.147. The fourth-order valence-electron chi connectivity index (χ4n) is 3.80. The van der Waals surface area contributed by atoms with E-state index >= 15 is 0 Å². The smallest absolute Gasteiger partial charge is 0.254 e. The molecule has 2 aromatic carbocycles. The standard InChI is InChI=1S/C21H23FN2O3/c22-16-7-5-15(6-8-16)20-18-4-2-1-3-14(18)9-10-24(20)21(25)19-13-26-11-17(23)12-27-19/h1-8,17,19-20H,9-13,23H2/t17-,19+,20+/m1/s1. The lowest BCUT2D eigenvalue weighted by Gasteiger charge is -2.39. The van der Waals surface area contributed by atoms with E-state index in [9.17, 15) is 9.18 Å². The summed E-state index contributed by atoms with van der Waals surface area (Å²) in [4.78, 5) is 15.1. The number of amides is 1. The van der Waals surface area contributed by atoms with E-state index in [4.69, 9.17) is 15.2 Å². The highest BCUT2D eigenvalue weighted by molar-refractivity contribution is 5.82. The minimum atomic E-state index is -0.674. The van der Waals surface area contributed by atoms with Crippen LogP contribution in [0, 0.1) is 5.82 Å². The number of hydrogen-bond acceptors (Lipinski definition) is 4. The molecule has 4 rings (SSSR count). The number of nitrogens with zero attached hydrogens (tertiary/aromatic N) is 1. The van der Waals surface area contributed by atoms with E-state index in [2.05, 4.69) is 6.07 Å². The summed E-state index contributed by atoms with van der Waals surface area (Å²) in [6.07, 6.45) is 0.0962. The van der Waals surface area contributed by atoms with Gasteiger partial charge in [-0.3, -0.25) is 4.79 Å². The molecule has 27 heavy (non-hydrogen) atoms. The Morgan fingerprint density at radius 3 is 2.67 bits per heavy atom. The van der Waals surface area contributed by atoms with Crippen LogP contribution in [-0.2, 0) is 20.7 Å². The fourth-order valence-corrected chi connectivity index (χ4v) is 3.80. The van der Waals surface area contributed by atoms with Gasteiger partial charge in [0.25, 0.3) is 5.91 Å². The minimum Gasteiger partial charge on any atom is -0.376 e. The van der Waals surface area contributed by atoms with Crippen LogP contribution in [0.4, 0.5) is 4.39 Å². The molecule has 0 unspecified atom stereocenters. The average molecular weight is 370 g/mol. The van der Waals surface area contributed by atoms with Crippen LogP contribution in [-0.4, -0.2) is 49.3 Å². The van der Waals surface area contributed by atoms with E-state index in [0.29, 0.717) is 19.8 Å². The molecule has 2 aromatic rings. The quantitative estimate of drug-likeness (QED) is 0.879. The molecule has 3 atom stereocenters. The van der Waals surface area contributed by atoms with Crippen molar-refractivity contribution in [2.45, 2.75) is 24.6 Å². The summed E-state index contributed by atoms with van der Waals surface area (Å²) in [6.45, 7) is 1.45. The van der Waals surface area contributed by atoms with Gasteiger partial charge in [-0.2, -0.15) is 0 Å². The number of fused-ring (bicyclic) bond motifs is 1. The van der Waals surface area contributed by atoms with Gasteiger partial charge in [0.15, 0.2) is 6.10 Å². The van der Waals surface area contributed by atoms with Gasteiger partial charge in [0.1, 0.15) is 5.82 Å². The topological polar surface area (TPSA) is 64.8 Å². The number of carbonyl (C=O) groups is 1. The Hall–Kier alpha value is -2.28.